The molecule has 0 unspecified atom stereocenters. The van der Waals surface area contributed by atoms with E-state index in [-0.39, 0.29) is 5.69 Å². The number of amides is 1. The Kier molecular flexibility index (Phi) is 5.97. The number of ether oxygens (including phenoxy) is 2. The SMILES string of the molecule is CCOc1cc(/C=C2\C(=O)N(c3ccccc3)N=C2C(F)(F)F)cc(Br)c1OC. The topological polar surface area (TPSA) is 51.1 Å². The van der Waals surface area contributed by atoms with Gasteiger partial charge in [-0.15, -0.1) is 0 Å². The number of para-hydroxylation sites is 1. The summed E-state index contributed by atoms with van der Waals surface area (Å²) in [7, 11) is 1.45. The first-order valence-corrected chi connectivity index (χ1v) is 9.33. The summed E-state index contributed by atoms with van der Waals surface area (Å²) in [6, 6.07) is 11.0. The largest absolute Gasteiger partial charge is 0.492 e. The predicted molar refractivity (Wildman–Crippen MR) is 107 cm³/mol. The Bertz CT molecular complexity index is 988. The summed E-state index contributed by atoms with van der Waals surface area (Å²) in [5.74, 6) is -0.122. The van der Waals surface area contributed by atoms with Gasteiger partial charge in [0.15, 0.2) is 17.2 Å². The molecule has 0 bridgehead atoms. The first-order valence-electron chi connectivity index (χ1n) is 8.54. The van der Waals surface area contributed by atoms with Crippen molar-refractivity contribution in [2.45, 2.75) is 13.1 Å². The van der Waals surface area contributed by atoms with Gasteiger partial charge in [0.1, 0.15) is 0 Å². The quantitative estimate of drug-likeness (QED) is 0.566. The number of hydrogen-bond donors (Lipinski definition) is 0. The lowest BCUT2D eigenvalue weighted by Crippen LogP contribution is -2.25. The Balaban J connectivity index is 2.10. The number of hydrazone groups is 1. The Hall–Kier alpha value is -2.81. The second-order valence-corrected chi connectivity index (χ2v) is 6.78. The minimum atomic E-state index is -4.79. The van der Waals surface area contributed by atoms with Gasteiger partial charge < -0.3 is 9.47 Å². The molecule has 0 saturated heterocycles. The number of hydrogen-bond acceptors (Lipinski definition) is 4. The molecular formula is C20H16BrF3N2O3. The van der Waals surface area contributed by atoms with Crippen LogP contribution in [0.15, 0.2) is 57.6 Å². The molecule has 2 aromatic rings. The van der Waals surface area contributed by atoms with Crippen LogP contribution in [-0.4, -0.2) is 31.5 Å². The van der Waals surface area contributed by atoms with Gasteiger partial charge in [0.05, 0.1) is 29.4 Å². The normalized spacial score (nSPS) is 15.7. The lowest BCUT2D eigenvalue weighted by molar-refractivity contribution is -0.114. The van der Waals surface area contributed by atoms with Gasteiger partial charge in [0.2, 0.25) is 0 Å². The monoisotopic (exact) mass is 468 g/mol. The van der Waals surface area contributed by atoms with Crippen molar-refractivity contribution >= 4 is 39.3 Å². The third-order valence-electron chi connectivity index (χ3n) is 3.99. The molecule has 0 aromatic heterocycles. The van der Waals surface area contributed by atoms with Crippen molar-refractivity contribution in [3.8, 4) is 11.5 Å². The second kappa shape index (κ2) is 8.28. The fourth-order valence-electron chi connectivity index (χ4n) is 2.80. The van der Waals surface area contributed by atoms with Gasteiger partial charge >= 0.3 is 6.18 Å². The number of rotatable bonds is 5. The van der Waals surface area contributed by atoms with Gasteiger partial charge in [-0.2, -0.15) is 23.3 Å². The van der Waals surface area contributed by atoms with Crippen LogP contribution in [0.25, 0.3) is 6.08 Å². The highest BCUT2D eigenvalue weighted by atomic mass is 79.9. The zero-order chi connectivity index (χ0) is 21.2. The maximum absolute atomic E-state index is 13.6. The molecule has 5 nitrogen and oxygen atoms in total. The van der Waals surface area contributed by atoms with Gasteiger partial charge in [-0.05, 0) is 58.8 Å². The van der Waals surface area contributed by atoms with Crippen LogP contribution in [-0.2, 0) is 4.79 Å². The summed E-state index contributed by atoms with van der Waals surface area (Å²) >= 11 is 3.31. The number of alkyl halides is 3. The molecule has 1 heterocycles. The smallest absolute Gasteiger partial charge is 0.435 e. The summed E-state index contributed by atoms with van der Waals surface area (Å²) in [5.41, 5.74) is -1.23. The molecule has 0 radical (unpaired) electrons. The highest BCUT2D eigenvalue weighted by molar-refractivity contribution is 9.10. The van der Waals surface area contributed by atoms with Crippen LogP contribution in [0.5, 0.6) is 11.5 Å². The van der Waals surface area contributed by atoms with E-state index in [1.54, 1.807) is 31.2 Å². The van der Waals surface area contributed by atoms with Crippen LogP contribution in [0, 0.1) is 0 Å². The van der Waals surface area contributed by atoms with Crippen LogP contribution < -0.4 is 14.5 Å². The van der Waals surface area contributed by atoms with E-state index in [1.807, 2.05) is 0 Å². The zero-order valence-corrected chi connectivity index (χ0v) is 17.0. The second-order valence-electron chi connectivity index (χ2n) is 5.92. The maximum Gasteiger partial charge on any atom is 0.435 e. The molecule has 152 valence electrons. The number of halogens is 4. The molecule has 1 amide bonds. The van der Waals surface area contributed by atoms with Gasteiger partial charge in [0, 0.05) is 0 Å². The van der Waals surface area contributed by atoms with Crippen LogP contribution in [0.3, 0.4) is 0 Å². The van der Waals surface area contributed by atoms with Gasteiger partial charge in [-0.3, -0.25) is 4.79 Å². The van der Waals surface area contributed by atoms with Crippen molar-refractivity contribution < 1.29 is 27.4 Å². The van der Waals surface area contributed by atoms with Crippen LogP contribution >= 0.6 is 15.9 Å². The third-order valence-corrected chi connectivity index (χ3v) is 4.58. The van der Waals surface area contributed by atoms with Gasteiger partial charge in [0.25, 0.3) is 5.91 Å². The molecule has 9 heteroatoms. The minimum Gasteiger partial charge on any atom is -0.492 e. The van der Waals surface area contributed by atoms with E-state index in [9.17, 15) is 18.0 Å². The molecule has 2 aromatic carbocycles. The number of anilines is 1. The molecule has 1 aliphatic heterocycles. The number of carbonyl (C=O) groups is 1. The molecule has 29 heavy (non-hydrogen) atoms. The summed E-state index contributed by atoms with van der Waals surface area (Å²) in [4.78, 5) is 12.8. The van der Waals surface area contributed by atoms with Crippen LogP contribution in [0.1, 0.15) is 12.5 Å². The molecule has 0 N–H and O–H groups in total. The average Bonchev–Trinajstić information content (AvgIpc) is 2.99. The number of benzene rings is 2. The maximum atomic E-state index is 13.6. The summed E-state index contributed by atoms with van der Waals surface area (Å²) in [5, 5.41) is 4.29. The Labute approximate surface area is 173 Å². The first-order chi connectivity index (χ1) is 13.8. The Morgan fingerprint density at radius 1 is 1.21 bits per heavy atom. The number of nitrogens with zero attached hydrogens (tertiary/aromatic N) is 2. The van der Waals surface area contributed by atoms with Crippen molar-refractivity contribution in [2.24, 2.45) is 5.10 Å². The highest BCUT2D eigenvalue weighted by Gasteiger charge is 2.46. The molecule has 0 spiro atoms. The van der Waals surface area contributed by atoms with Crippen molar-refractivity contribution in [1.82, 2.24) is 0 Å². The average molecular weight is 469 g/mol. The van der Waals surface area contributed by atoms with Gasteiger partial charge in [-0.25, -0.2) is 0 Å². The van der Waals surface area contributed by atoms with E-state index in [2.05, 4.69) is 21.0 Å². The molecular weight excluding hydrogens is 453 g/mol. The Morgan fingerprint density at radius 3 is 2.48 bits per heavy atom. The van der Waals surface area contributed by atoms with E-state index in [0.717, 1.165) is 11.1 Å². The lowest BCUT2D eigenvalue weighted by atomic mass is 10.1. The summed E-state index contributed by atoms with van der Waals surface area (Å²) < 4.78 is 51.9. The van der Waals surface area contributed by atoms with Crippen LogP contribution in [0.4, 0.5) is 18.9 Å². The van der Waals surface area contributed by atoms with Gasteiger partial charge in [-0.1, -0.05) is 18.2 Å². The fraction of sp³-hybridized carbons (Fsp3) is 0.200. The van der Waals surface area contributed by atoms with Crippen LogP contribution in [0.2, 0.25) is 0 Å². The van der Waals surface area contributed by atoms with Crippen molar-refractivity contribution in [2.75, 3.05) is 18.7 Å². The molecule has 0 saturated carbocycles. The molecule has 3 rings (SSSR count). The van der Waals surface area contributed by atoms with E-state index >= 15 is 0 Å². The highest BCUT2D eigenvalue weighted by Crippen LogP contribution is 2.38. The number of carbonyl (C=O) groups excluding carboxylic acids is 1. The summed E-state index contributed by atoms with van der Waals surface area (Å²) in [6.07, 6.45) is -3.65. The fourth-order valence-corrected chi connectivity index (χ4v) is 3.42. The Morgan fingerprint density at radius 2 is 1.90 bits per heavy atom. The zero-order valence-electron chi connectivity index (χ0n) is 15.5. The predicted octanol–water partition coefficient (Wildman–Crippen LogP) is 5.20. The minimum absolute atomic E-state index is 0.244. The van der Waals surface area contributed by atoms with E-state index in [0.29, 0.717) is 28.1 Å². The van der Waals surface area contributed by atoms with E-state index in [4.69, 9.17) is 9.47 Å². The third kappa shape index (κ3) is 4.29. The van der Waals surface area contributed by atoms with Crippen molar-refractivity contribution in [3.63, 3.8) is 0 Å². The van der Waals surface area contributed by atoms with Crippen molar-refractivity contribution in [1.29, 1.82) is 0 Å². The molecule has 0 atom stereocenters. The molecule has 1 aliphatic rings. The van der Waals surface area contributed by atoms with E-state index in [1.165, 1.54) is 25.3 Å². The number of methoxy groups -OCH3 is 1. The van der Waals surface area contributed by atoms with Crippen molar-refractivity contribution in [3.05, 3.63) is 58.1 Å². The first kappa shape index (κ1) is 20.9. The molecule has 0 aliphatic carbocycles. The molecule has 0 fully saturated rings. The van der Waals surface area contributed by atoms with E-state index < -0.39 is 23.4 Å². The standard InChI is InChI=1S/C20H16BrF3N2O3/c1-3-29-16-11-12(10-15(21)17(16)28-2)9-14-18(20(22,23)24)25-26(19(14)27)13-7-5-4-6-8-13/h4-11H,3H2,1-2H3/b14-9-. The lowest BCUT2D eigenvalue weighted by Gasteiger charge is -2.13. The summed E-state index contributed by atoms with van der Waals surface area (Å²) in [6.45, 7) is 2.10.